The molecule has 0 aliphatic heterocycles. The standard InChI is InChI=1S/C18H12Br3ClSi/c19-13-1-7-16(8-2-13)23(22,17-9-3-14(20)4-10-17)18-11-5-15(21)6-12-18/h1-12H. The number of hydrogen-bond acceptors (Lipinski definition) is 0. The summed E-state index contributed by atoms with van der Waals surface area (Å²) in [7, 11) is -2.54. The molecule has 0 heterocycles. The molecule has 0 saturated carbocycles. The molecule has 0 amide bonds. The second-order valence-electron chi connectivity index (χ2n) is 5.18. The molecule has 0 nitrogen and oxygen atoms in total. The molecule has 0 atom stereocenters. The van der Waals surface area contributed by atoms with Crippen molar-refractivity contribution in [2.24, 2.45) is 0 Å². The molecule has 0 N–H and O–H groups in total. The fourth-order valence-electron chi connectivity index (χ4n) is 2.54. The molecule has 0 radical (unpaired) electrons. The van der Waals surface area contributed by atoms with Gasteiger partial charge in [0.1, 0.15) is 0 Å². The summed E-state index contributed by atoms with van der Waals surface area (Å²) in [6.45, 7) is 0. The van der Waals surface area contributed by atoms with E-state index in [1.54, 1.807) is 0 Å². The van der Waals surface area contributed by atoms with Crippen LogP contribution in [-0.2, 0) is 0 Å². The third kappa shape index (κ3) is 3.66. The fraction of sp³-hybridized carbons (Fsp3) is 0. The van der Waals surface area contributed by atoms with E-state index in [4.69, 9.17) is 11.1 Å². The zero-order valence-electron chi connectivity index (χ0n) is 11.9. The number of benzene rings is 3. The van der Waals surface area contributed by atoms with Gasteiger partial charge in [0.25, 0.3) is 0 Å². The minimum atomic E-state index is -2.54. The highest BCUT2D eigenvalue weighted by molar-refractivity contribution is 9.11. The Morgan fingerprint density at radius 2 is 0.696 bits per heavy atom. The molecular formula is C18H12Br3ClSi. The van der Waals surface area contributed by atoms with Crippen LogP contribution >= 0.6 is 58.9 Å². The highest BCUT2D eigenvalue weighted by atomic mass is 79.9. The van der Waals surface area contributed by atoms with Crippen molar-refractivity contribution in [2.75, 3.05) is 0 Å². The van der Waals surface area contributed by atoms with Gasteiger partial charge in [-0.05, 0) is 52.0 Å². The molecule has 0 spiro atoms. The summed E-state index contributed by atoms with van der Waals surface area (Å²) in [4.78, 5) is 0. The zero-order valence-corrected chi connectivity index (χ0v) is 18.5. The van der Waals surface area contributed by atoms with E-state index in [0.717, 1.165) is 13.4 Å². The maximum Gasteiger partial charge on any atom is 0.247 e. The summed E-state index contributed by atoms with van der Waals surface area (Å²) in [6, 6.07) is 25.0. The van der Waals surface area contributed by atoms with E-state index in [-0.39, 0.29) is 0 Å². The number of halogens is 4. The van der Waals surface area contributed by atoms with E-state index < -0.39 is 7.38 Å². The van der Waals surface area contributed by atoms with Crippen molar-refractivity contribution < 1.29 is 0 Å². The van der Waals surface area contributed by atoms with Crippen LogP contribution in [0.3, 0.4) is 0 Å². The average molecular weight is 532 g/mol. The Morgan fingerprint density at radius 1 is 0.478 bits per heavy atom. The Bertz CT molecular complexity index is 688. The second kappa shape index (κ2) is 7.24. The molecule has 5 heteroatoms. The lowest BCUT2D eigenvalue weighted by molar-refractivity contribution is 1.64. The normalized spacial score (nSPS) is 11.5. The van der Waals surface area contributed by atoms with Crippen molar-refractivity contribution in [1.29, 1.82) is 0 Å². The highest BCUT2D eigenvalue weighted by Crippen LogP contribution is 2.17. The molecule has 3 aromatic carbocycles. The first kappa shape index (κ1) is 17.4. The quantitative estimate of drug-likeness (QED) is 0.248. The lowest BCUT2D eigenvalue weighted by atomic mass is 10.3. The van der Waals surface area contributed by atoms with Crippen molar-refractivity contribution in [3.05, 3.63) is 86.2 Å². The first-order valence-corrected chi connectivity index (χ1v) is 12.4. The SMILES string of the molecule is Cl[Si](c1ccc(Br)cc1)(c1ccc(Br)cc1)c1ccc(Br)cc1. The number of rotatable bonds is 3. The van der Waals surface area contributed by atoms with Crippen LogP contribution in [0.25, 0.3) is 0 Å². The third-order valence-electron chi connectivity index (χ3n) is 3.73. The molecule has 0 aliphatic rings. The van der Waals surface area contributed by atoms with Crippen molar-refractivity contribution in [3.8, 4) is 0 Å². The minimum Gasteiger partial charge on any atom is -0.149 e. The van der Waals surface area contributed by atoms with Gasteiger partial charge in [-0.25, -0.2) is 0 Å². The minimum absolute atomic E-state index is 1.06. The lowest BCUT2D eigenvalue weighted by Crippen LogP contribution is -2.62. The van der Waals surface area contributed by atoms with Crippen LogP contribution in [0.5, 0.6) is 0 Å². The van der Waals surface area contributed by atoms with Gasteiger partial charge in [0.05, 0.1) is 0 Å². The van der Waals surface area contributed by atoms with Gasteiger partial charge in [-0.1, -0.05) is 84.2 Å². The van der Waals surface area contributed by atoms with Crippen LogP contribution in [0.15, 0.2) is 86.2 Å². The maximum absolute atomic E-state index is 7.37. The van der Waals surface area contributed by atoms with Crippen molar-refractivity contribution >= 4 is 81.8 Å². The smallest absolute Gasteiger partial charge is 0.149 e. The molecule has 23 heavy (non-hydrogen) atoms. The number of hydrogen-bond donors (Lipinski definition) is 0. The Morgan fingerprint density at radius 3 is 0.913 bits per heavy atom. The predicted octanol–water partition coefficient (Wildman–Crippen LogP) is 5.18. The molecule has 0 fully saturated rings. The average Bonchev–Trinajstić information content (AvgIpc) is 2.56. The van der Waals surface area contributed by atoms with Crippen molar-refractivity contribution in [2.45, 2.75) is 0 Å². The van der Waals surface area contributed by atoms with E-state index >= 15 is 0 Å². The molecule has 0 unspecified atom stereocenters. The van der Waals surface area contributed by atoms with Crippen LogP contribution in [0.1, 0.15) is 0 Å². The summed E-state index contributed by atoms with van der Waals surface area (Å²) < 4.78 is 3.17. The van der Waals surface area contributed by atoms with Crippen LogP contribution in [-0.4, -0.2) is 7.38 Å². The first-order chi connectivity index (χ1) is 11.0. The van der Waals surface area contributed by atoms with E-state index in [9.17, 15) is 0 Å². The molecule has 116 valence electrons. The molecule has 0 bridgehead atoms. The Kier molecular flexibility index (Phi) is 5.48. The lowest BCUT2D eigenvalue weighted by Gasteiger charge is -2.26. The predicted molar refractivity (Wildman–Crippen MR) is 113 cm³/mol. The van der Waals surface area contributed by atoms with Gasteiger partial charge in [-0.15, -0.1) is 11.1 Å². The Balaban J connectivity index is 2.21. The summed E-state index contributed by atoms with van der Waals surface area (Å²) in [5.74, 6) is 0. The Hall–Kier alpha value is -0.393. The van der Waals surface area contributed by atoms with Crippen LogP contribution in [0.2, 0.25) is 0 Å². The molecule has 0 aliphatic carbocycles. The molecular weight excluding hydrogens is 519 g/mol. The summed E-state index contributed by atoms with van der Waals surface area (Å²) in [6.07, 6.45) is 0. The monoisotopic (exact) mass is 528 g/mol. The van der Waals surface area contributed by atoms with E-state index in [2.05, 4.69) is 121 Å². The largest absolute Gasteiger partial charge is 0.247 e. The molecule has 0 saturated heterocycles. The summed E-state index contributed by atoms with van der Waals surface area (Å²) >= 11 is 17.9. The van der Waals surface area contributed by atoms with Crippen LogP contribution in [0.4, 0.5) is 0 Å². The van der Waals surface area contributed by atoms with E-state index in [1.807, 2.05) is 0 Å². The first-order valence-electron chi connectivity index (χ1n) is 6.97. The van der Waals surface area contributed by atoms with Crippen molar-refractivity contribution in [1.82, 2.24) is 0 Å². The molecule has 3 aromatic rings. The summed E-state index contributed by atoms with van der Waals surface area (Å²) in [5.41, 5.74) is 0. The van der Waals surface area contributed by atoms with Gasteiger partial charge in [0, 0.05) is 13.4 Å². The summed E-state index contributed by atoms with van der Waals surface area (Å²) in [5, 5.41) is 3.52. The van der Waals surface area contributed by atoms with Gasteiger partial charge in [-0.2, -0.15) is 0 Å². The van der Waals surface area contributed by atoms with Gasteiger partial charge in [0.15, 0.2) is 0 Å². The maximum atomic E-state index is 7.37. The molecule has 0 aromatic heterocycles. The zero-order chi connectivity index (χ0) is 16.4. The fourth-order valence-corrected chi connectivity index (χ4v) is 7.34. The van der Waals surface area contributed by atoms with Crippen molar-refractivity contribution in [3.63, 3.8) is 0 Å². The van der Waals surface area contributed by atoms with Gasteiger partial charge in [0.2, 0.25) is 7.38 Å². The van der Waals surface area contributed by atoms with Gasteiger partial charge < -0.3 is 0 Å². The van der Waals surface area contributed by atoms with E-state index in [0.29, 0.717) is 0 Å². The second-order valence-corrected chi connectivity index (χ2v) is 12.7. The topological polar surface area (TPSA) is 0 Å². The molecule has 3 rings (SSSR count). The van der Waals surface area contributed by atoms with Crippen LogP contribution < -0.4 is 15.6 Å². The third-order valence-corrected chi connectivity index (χ3v) is 10.7. The highest BCUT2D eigenvalue weighted by Gasteiger charge is 2.37. The van der Waals surface area contributed by atoms with Crippen LogP contribution in [0, 0.1) is 0 Å². The van der Waals surface area contributed by atoms with E-state index in [1.165, 1.54) is 15.6 Å². The van der Waals surface area contributed by atoms with Gasteiger partial charge in [-0.3, -0.25) is 0 Å². The Labute approximate surface area is 167 Å². The van der Waals surface area contributed by atoms with Gasteiger partial charge >= 0.3 is 0 Å².